The molecular formula is C20H17N3O4S. The van der Waals surface area contributed by atoms with Crippen LogP contribution in [-0.4, -0.2) is 27.8 Å². The second-order valence-corrected chi connectivity index (χ2v) is 7.58. The minimum atomic E-state index is -0.488. The van der Waals surface area contributed by atoms with Crippen molar-refractivity contribution >= 4 is 38.4 Å². The molecule has 28 heavy (non-hydrogen) atoms. The number of hydrogen-bond donors (Lipinski definition) is 1. The first-order valence-corrected chi connectivity index (χ1v) is 9.52. The van der Waals surface area contributed by atoms with Gasteiger partial charge < -0.3 is 14.3 Å². The summed E-state index contributed by atoms with van der Waals surface area (Å²) in [6.07, 6.45) is 0.0482. The smallest absolute Gasteiger partial charge is 0.336 e. The number of aromatic amines is 1. The third-order valence-corrected chi connectivity index (χ3v) is 5.41. The van der Waals surface area contributed by atoms with Crippen LogP contribution in [-0.2, 0) is 17.8 Å². The van der Waals surface area contributed by atoms with Gasteiger partial charge >= 0.3 is 5.63 Å². The van der Waals surface area contributed by atoms with E-state index in [0.717, 1.165) is 10.9 Å². The molecule has 0 aliphatic carbocycles. The summed E-state index contributed by atoms with van der Waals surface area (Å²) >= 11 is 1.33. The van der Waals surface area contributed by atoms with E-state index in [0.29, 0.717) is 27.2 Å². The Hall–Kier alpha value is -3.26. The van der Waals surface area contributed by atoms with E-state index < -0.39 is 5.63 Å². The van der Waals surface area contributed by atoms with Crippen molar-refractivity contribution in [3.8, 4) is 0 Å². The lowest BCUT2D eigenvalue weighted by molar-refractivity contribution is -0.129. The largest absolute Gasteiger partial charge is 0.423 e. The molecule has 8 heteroatoms. The molecule has 1 aromatic carbocycles. The van der Waals surface area contributed by atoms with Gasteiger partial charge in [0.15, 0.2) is 0 Å². The lowest BCUT2D eigenvalue weighted by Gasteiger charge is -2.17. The van der Waals surface area contributed by atoms with E-state index in [2.05, 4.69) is 9.97 Å². The van der Waals surface area contributed by atoms with Crippen molar-refractivity contribution in [3.63, 3.8) is 0 Å². The highest BCUT2D eigenvalue weighted by molar-refractivity contribution is 7.17. The third kappa shape index (κ3) is 3.46. The van der Waals surface area contributed by atoms with Crippen molar-refractivity contribution in [2.75, 3.05) is 7.05 Å². The molecule has 0 aliphatic rings. The third-order valence-electron chi connectivity index (χ3n) is 4.50. The number of fused-ring (bicyclic) bond motifs is 2. The van der Waals surface area contributed by atoms with Crippen LogP contribution in [0.2, 0.25) is 0 Å². The van der Waals surface area contributed by atoms with Gasteiger partial charge in [0.05, 0.1) is 18.5 Å². The molecule has 3 aromatic heterocycles. The number of H-pyrrole nitrogens is 1. The summed E-state index contributed by atoms with van der Waals surface area (Å²) in [6, 6.07) is 8.66. The molecule has 0 unspecified atom stereocenters. The van der Waals surface area contributed by atoms with Crippen LogP contribution in [0.1, 0.15) is 17.0 Å². The van der Waals surface area contributed by atoms with E-state index in [1.807, 2.05) is 19.1 Å². The van der Waals surface area contributed by atoms with E-state index in [9.17, 15) is 14.4 Å². The van der Waals surface area contributed by atoms with Crippen LogP contribution < -0.4 is 11.2 Å². The number of carbonyl (C=O) groups excluding carboxylic acids is 1. The van der Waals surface area contributed by atoms with Gasteiger partial charge in [0.25, 0.3) is 5.56 Å². The quantitative estimate of drug-likeness (QED) is 0.536. The topological polar surface area (TPSA) is 96.3 Å². The molecule has 0 saturated carbocycles. The van der Waals surface area contributed by atoms with Gasteiger partial charge in [-0.05, 0) is 35.6 Å². The molecule has 1 N–H and O–H groups in total. The Morgan fingerprint density at radius 1 is 1.25 bits per heavy atom. The van der Waals surface area contributed by atoms with E-state index in [-0.39, 0.29) is 24.4 Å². The van der Waals surface area contributed by atoms with E-state index >= 15 is 0 Å². The number of likely N-dealkylation sites (N-methyl/N-ethyl adjacent to an activating group) is 1. The maximum Gasteiger partial charge on any atom is 0.336 e. The number of thiophene rings is 1. The average molecular weight is 395 g/mol. The molecule has 3 heterocycles. The predicted molar refractivity (Wildman–Crippen MR) is 108 cm³/mol. The fourth-order valence-corrected chi connectivity index (χ4v) is 3.82. The number of nitrogens with one attached hydrogen (secondary N) is 1. The van der Waals surface area contributed by atoms with Crippen LogP contribution in [0, 0.1) is 6.92 Å². The SMILES string of the molecule is Cc1ccc2c(CC(=O)N(C)Cc3nc4ccsc4c(=O)[nH]3)cc(=O)oc2c1. The standard InChI is InChI=1S/C20H17N3O4S/c1-11-3-4-13-12(9-18(25)27-15(13)7-11)8-17(24)23(2)10-16-21-14-5-6-28-19(14)20(26)22-16/h3-7,9H,8,10H2,1-2H3,(H,21,22,26). The van der Waals surface area contributed by atoms with E-state index in [4.69, 9.17) is 4.42 Å². The number of nitrogens with zero attached hydrogens (tertiary/aromatic N) is 2. The van der Waals surface area contributed by atoms with Crippen LogP contribution in [0.3, 0.4) is 0 Å². The number of hydrogen-bond acceptors (Lipinski definition) is 6. The number of rotatable bonds is 4. The second-order valence-electron chi connectivity index (χ2n) is 6.66. The van der Waals surface area contributed by atoms with Crippen molar-refractivity contribution in [2.45, 2.75) is 19.9 Å². The fraction of sp³-hybridized carbons (Fsp3) is 0.200. The van der Waals surface area contributed by atoms with Gasteiger partial charge in [0.2, 0.25) is 5.91 Å². The van der Waals surface area contributed by atoms with E-state index in [1.165, 1.54) is 22.3 Å². The van der Waals surface area contributed by atoms with Crippen molar-refractivity contribution in [2.24, 2.45) is 0 Å². The van der Waals surface area contributed by atoms with Crippen LogP contribution in [0.4, 0.5) is 0 Å². The summed E-state index contributed by atoms with van der Waals surface area (Å²) in [7, 11) is 1.64. The molecular weight excluding hydrogens is 378 g/mol. The molecule has 0 aliphatic heterocycles. The predicted octanol–water partition coefficient (Wildman–Crippen LogP) is 2.60. The number of aryl methyl sites for hydroxylation is 1. The summed E-state index contributed by atoms with van der Waals surface area (Å²) in [5.74, 6) is 0.223. The van der Waals surface area contributed by atoms with Gasteiger partial charge in [-0.3, -0.25) is 9.59 Å². The van der Waals surface area contributed by atoms with Crippen molar-refractivity contribution in [3.05, 3.63) is 73.4 Å². The normalized spacial score (nSPS) is 11.2. The number of amides is 1. The Kier molecular flexibility index (Phi) is 4.56. The first-order valence-electron chi connectivity index (χ1n) is 8.64. The molecule has 0 radical (unpaired) electrons. The summed E-state index contributed by atoms with van der Waals surface area (Å²) in [5.41, 5.74) is 1.96. The van der Waals surface area contributed by atoms with Crippen molar-refractivity contribution in [1.82, 2.24) is 14.9 Å². The summed E-state index contributed by atoms with van der Waals surface area (Å²) in [5, 5.41) is 2.54. The lowest BCUT2D eigenvalue weighted by Crippen LogP contribution is -2.29. The van der Waals surface area contributed by atoms with Gasteiger partial charge in [0, 0.05) is 18.5 Å². The Morgan fingerprint density at radius 3 is 2.89 bits per heavy atom. The summed E-state index contributed by atoms with van der Waals surface area (Å²) in [4.78, 5) is 45.2. The lowest BCUT2D eigenvalue weighted by atomic mass is 10.1. The monoisotopic (exact) mass is 395 g/mol. The Balaban J connectivity index is 1.58. The Bertz CT molecular complexity index is 1320. The number of carbonyl (C=O) groups is 1. The average Bonchev–Trinajstić information content (AvgIpc) is 3.10. The molecule has 0 atom stereocenters. The molecule has 0 fully saturated rings. The number of aromatic nitrogens is 2. The van der Waals surface area contributed by atoms with Crippen LogP contribution in [0.15, 0.2) is 49.7 Å². The highest BCUT2D eigenvalue weighted by Gasteiger charge is 2.15. The van der Waals surface area contributed by atoms with Gasteiger partial charge in [-0.2, -0.15) is 0 Å². The van der Waals surface area contributed by atoms with Crippen molar-refractivity contribution < 1.29 is 9.21 Å². The van der Waals surface area contributed by atoms with E-state index in [1.54, 1.807) is 24.6 Å². The molecule has 7 nitrogen and oxygen atoms in total. The fourth-order valence-electron chi connectivity index (χ4n) is 3.09. The highest BCUT2D eigenvalue weighted by atomic mass is 32.1. The van der Waals surface area contributed by atoms with Crippen LogP contribution in [0.25, 0.3) is 21.2 Å². The molecule has 0 saturated heterocycles. The highest BCUT2D eigenvalue weighted by Crippen LogP contribution is 2.20. The maximum atomic E-state index is 12.7. The molecule has 0 spiro atoms. The van der Waals surface area contributed by atoms with Crippen molar-refractivity contribution in [1.29, 1.82) is 0 Å². The zero-order chi connectivity index (χ0) is 19.8. The molecule has 142 valence electrons. The van der Waals surface area contributed by atoms with Crippen LogP contribution >= 0.6 is 11.3 Å². The molecule has 4 aromatic rings. The molecule has 0 bridgehead atoms. The minimum absolute atomic E-state index is 0.0482. The number of benzene rings is 1. The summed E-state index contributed by atoms with van der Waals surface area (Å²) in [6.45, 7) is 2.07. The second kappa shape index (κ2) is 7.05. The summed E-state index contributed by atoms with van der Waals surface area (Å²) < 4.78 is 5.80. The van der Waals surface area contributed by atoms with Gasteiger partial charge in [-0.1, -0.05) is 12.1 Å². The Labute approximate surface area is 163 Å². The van der Waals surface area contributed by atoms with Gasteiger partial charge in [0.1, 0.15) is 16.1 Å². The van der Waals surface area contributed by atoms with Gasteiger partial charge in [-0.25, -0.2) is 9.78 Å². The zero-order valence-corrected chi connectivity index (χ0v) is 16.1. The minimum Gasteiger partial charge on any atom is -0.423 e. The maximum absolute atomic E-state index is 12.7. The zero-order valence-electron chi connectivity index (χ0n) is 15.3. The molecule has 1 amide bonds. The van der Waals surface area contributed by atoms with Crippen LogP contribution in [0.5, 0.6) is 0 Å². The first-order chi connectivity index (χ1) is 13.4. The molecule has 4 rings (SSSR count). The Morgan fingerprint density at radius 2 is 2.07 bits per heavy atom. The first kappa shape index (κ1) is 18.1. The van der Waals surface area contributed by atoms with Gasteiger partial charge in [-0.15, -0.1) is 11.3 Å².